The molecule has 4 heterocycles. The van der Waals surface area contributed by atoms with Crippen molar-refractivity contribution in [2.75, 3.05) is 0 Å². The minimum Gasteiger partial charge on any atom is -0.458 e. The van der Waals surface area contributed by atoms with Crippen LogP contribution < -0.4 is 21.1 Å². The molecule has 4 aliphatic rings. The van der Waals surface area contributed by atoms with E-state index in [1.165, 1.54) is 121 Å². The van der Waals surface area contributed by atoms with Crippen LogP contribution in [0.4, 0.5) is 0 Å². The van der Waals surface area contributed by atoms with Crippen LogP contribution in [-0.4, -0.2) is 15.8 Å². The Morgan fingerprint density at radius 3 is 1.79 bits per heavy atom. The summed E-state index contributed by atoms with van der Waals surface area (Å²) in [5, 5.41) is 5.15. The molecule has 0 fully saturated rings. The molecule has 0 saturated carbocycles. The van der Waals surface area contributed by atoms with Gasteiger partial charge in [-0.2, -0.15) is 0 Å². The van der Waals surface area contributed by atoms with E-state index >= 15 is 0 Å². The number of ether oxygens (including phenoxy) is 1. The number of benzene rings is 9. The molecule has 0 unspecified atom stereocenters. The van der Waals surface area contributed by atoms with Crippen LogP contribution in [0.25, 0.3) is 77.2 Å². The van der Waals surface area contributed by atoms with Gasteiger partial charge in [-0.1, -0.05) is 160 Å². The molecular weight excluding hydrogens is 763 g/mol. The van der Waals surface area contributed by atoms with Gasteiger partial charge < -0.3 is 13.9 Å². The molecule has 294 valence electrons. The second-order valence-corrected chi connectivity index (χ2v) is 19.1. The van der Waals surface area contributed by atoms with Crippen molar-refractivity contribution in [1.82, 2.24) is 9.13 Å². The molecule has 1 spiro atoms. The highest BCUT2D eigenvalue weighted by molar-refractivity contribution is 6.99. The Labute approximate surface area is 365 Å². The molecule has 0 atom stereocenters. The number of para-hydroxylation sites is 2. The summed E-state index contributed by atoms with van der Waals surface area (Å²) in [5.74, 6) is 1.91. The highest BCUT2D eigenvalue weighted by Crippen LogP contribution is 2.64. The largest absolute Gasteiger partial charge is 0.458 e. The standard InChI is InChI=1S/C59H39BN2O/c1-58(2,3)34-27-29-35(30-28-34)61-47-23-12-7-18-39(47)53-50(61)33-46-56-54(53)40-19-8-13-24-48(40)62(56)49-25-14-26-51-55(49)60(46)45-32-31-44-52(57(45)63-51)38-17-6-11-22-43(38)59(44)41-20-9-4-15-36(41)37-16-5-10-21-42(37)59/h4-33H,1-3H3. The first-order valence-corrected chi connectivity index (χ1v) is 22.3. The summed E-state index contributed by atoms with van der Waals surface area (Å²) in [6, 6.07) is 68.6. The first-order valence-electron chi connectivity index (χ1n) is 22.3. The summed E-state index contributed by atoms with van der Waals surface area (Å²) in [6.07, 6.45) is 0. The molecule has 0 radical (unpaired) electrons. The van der Waals surface area contributed by atoms with Crippen LogP contribution in [0.3, 0.4) is 0 Å². The van der Waals surface area contributed by atoms with Crippen molar-refractivity contribution >= 4 is 66.7 Å². The number of hydrogen-bond acceptors (Lipinski definition) is 1. The molecule has 0 N–H and O–H groups in total. The monoisotopic (exact) mass is 802 g/mol. The molecule has 9 aromatic carbocycles. The van der Waals surface area contributed by atoms with E-state index in [4.69, 9.17) is 4.74 Å². The number of aromatic nitrogens is 2. The average molecular weight is 803 g/mol. The van der Waals surface area contributed by atoms with Crippen molar-refractivity contribution in [2.24, 2.45) is 0 Å². The van der Waals surface area contributed by atoms with Crippen molar-refractivity contribution in [3.05, 3.63) is 210 Å². The topological polar surface area (TPSA) is 19.1 Å². The molecule has 2 aliphatic carbocycles. The van der Waals surface area contributed by atoms with Gasteiger partial charge in [0.1, 0.15) is 11.5 Å². The molecule has 0 saturated heterocycles. The predicted molar refractivity (Wildman–Crippen MR) is 261 cm³/mol. The first-order chi connectivity index (χ1) is 30.9. The third-order valence-corrected chi connectivity index (χ3v) is 15.1. The highest BCUT2D eigenvalue weighted by Gasteiger charge is 2.54. The lowest BCUT2D eigenvalue weighted by Gasteiger charge is -2.35. The molecule has 11 aromatic rings. The summed E-state index contributed by atoms with van der Waals surface area (Å²) in [4.78, 5) is 0. The van der Waals surface area contributed by atoms with Gasteiger partial charge in [0.15, 0.2) is 0 Å². The van der Waals surface area contributed by atoms with Crippen LogP contribution in [0.15, 0.2) is 182 Å². The van der Waals surface area contributed by atoms with Gasteiger partial charge in [0, 0.05) is 38.5 Å². The Balaban J connectivity index is 1.08. The quantitative estimate of drug-likeness (QED) is 0.151. The fourth-order valence-corrected chi connectivity index (χ4v) is 12.7. The first kappa shape index (κ1) is 34.1. The van der Waals surface area contributed by atoms with Gasteiger partial charge in [-0.15, -0.1) is 0 Å². The molecule has 15 rings (SSSR count). The molecular formula is C59H39BN2O. The van der Waals surface area contributed by atoms with Gasteiger partial charge in [-0.05, 0) is 109 Å². The Kier molecular flexibility index (Phi) is 6.20. The summed E-state index contributed by atoms with van der Waals surface area (Å²) >= 11 is 0. The lowest BCUT2D eigenvalue weighted by Crippen LogP contribution is -2.58. The maximum Gasteiger partial charge on any atom is 0.256 e. The normalized spacial score (nSPS) is 14.5. The molecule has 2 aromatic heterocycles. The van der Waals surface area contributed by atoms with Gasteiger partial charge in [0.05, 0.1) is 27.5 Å². The maximum atomic E-state index is 7.45. The lowest BCUT2D eigenvalue weighted by atomic mass is 9.34. The number of rotatable bonds is 1. The van der Waals surface area contributed by atoms with Crippen LogP contribution in [0.2, 0.25) is 0 Å². The summed E-state index contributed by atoms with van der Waals surface area (Å²) in [7, 11) is 0. The van der Waals surface area contributed by atoms with Gasteiger partial charge >= 0.3 is 0 Å². The second kappa shape index (κ2) is 11.5. The predicted octanol–water partition coefficient (Wildman–Crippen LogP) is 12.5. The smallest absolute Gasteiger partial charge is 0.256 e. The van der Waals surface area contributed by atoms with E-state index in [0.717, 1.165) is 11.5 Å². The number of hydrogen-bond donors (Lipinski definition) is 0. The molecule has 3 nitrogen and oxygen atoms in total. The van der Waals surface area contributed by atoms with Crippen LogP contribution in [-0.2, 0) is 10.8 Å². The van der Waals surface area contributed by atoms with Gasteiger partial charge in [-0.25, -0.2) is 0 Å². The third-order valence-electron chi connectivity index (χ3n) is 15.1. The van der Waals surface area contributed by atoms with Gasteiger partial charge in [0.25, 0.3) is 6.71 Å². The van der Waals surface area contributed by atoms with E-state index in [9.17, 15) is 0 Å². The Morgan fingerprint density at radius 2 is 1.10 bits per heavy atom. The number of fused-ring (bicyclic) bond motifs is 22. The van der Waals surface area contributed by atoms with E-state index in [0.29, 0.717) is 0 Å². The van der Waals surface area contributed by atoms with Gasteiger partial charge in [-0.3, -0.25) is 0 Å². The number of nitrogens with zero attached hydrogens (tertiary/aromatic N) is 2. The fourth-order valence-electron chi connectivity index (χ4n) is 12.7. The Hall–Kier alpha value is -7.56. The molecule has 63 heavy (non-hydrogen) atoms. The van der Waals surface area contributed by atoms with Crippen molar-refractivity contribution in [3.8, 4) is 45.1 Å². The van der Waals surface area contributed by atoms with E-state index in [1.54, 1.807) is 0 Å². The minimum absolute atomic E-state index is 0.0595. The van der Waals surface area contributed by atoms with Gasteiger partial charge in [0.2, 0.25) is 0 Å². The molecule has 0 amide bonds. The third kappa shape index (κ3) is 3.96. The molecule has 4 heteroatoms. The van der Waals surface area contributed by atoms with E-state index < -0.39 is 5.41 Å². The second-order valence-electron chi connectivity index (χ2n) is 19.1. The Morgan fingerprint density at radius 1 is 0.492 bits per heavy atom. The van der Waals surface area contributed by atoms with Crippen LogP contribution in [0, 0.1) is 0 Å². The summed E-state index contributed by atoms with van der Waals surface area (Å²) < 4.78 is 12.5. The van der Waals surface area contributed by atoms with Crippen LogP contribution >= 0.6 is 0 Å². The van der Waals surface area contributed by atoms with E-state index in [-0.39, 0.29) is 12.1 Å². The highest BCUT2D eigenvalue weighted by atomic mass is 16.5. The average Bonchev–Trinajstić information content (AvgIpc) is 4.03. The zero-order chi connectivity index (χ0) is 41.5. The van der Waals surface area contributed by atoms with E-state index in [1.807, 2.05) is 0 Å². The zero-order valence-corrected chi connectivity index (χ0v) is 35.2. The van der Waals surface area contributed by atoms with Crippen LogP contribution in [0.5, 0.6) is 11.5 Å². The fraction of sp³-hybridized carbons (Fsp3) is 0.0847. The molecule has 2 aliphatic heterocycles. The van der Waals surface area contributed by atoms with Crippen molar-refractivity contribution in [2.45, 2.75) is 31.6 Å². The van der Waals surface area contributed by atoms with E-state index in [2.05, 4.69) is 212 Å². The lowest BCUT2D eigenvalue weighted by molar-refractivity contribution is 0.488. The SMILES string of the molecule is CC(C)(C)c1ccc(-n2c3ccccc3c3c4c5ccccc5n5c4c(cc32)B2c3ccc4c(c3Oc3cccc-5c32)-c2ccccc2C42c3ccccc3-c3ccccc32)cc1. The Bertz CT molecular complexity index is 3830. The van der Waals surface area contributed by atoms with Crippen LogP contribution in [0.1, 0.15) is 48.6 Å². The van der Waals surface area contributed by atoms with Crippen molar-refractivity contribution in [3.63, 3.8) is 0 Å². The molecule has 0 bridgehead atoms. The summed E-state index contributed by atoms with van der Waals surface area (Å²) in [6.45, 7) is 6.81. The maximum absolute atomic E-state index is 7.45. The van der Waals surface area contributed by atoms with Crippen molar-refractivity contribution < 1.29 is 4.74 Å². The minimum atomic E-state index is -0.450. The van der Waals surface area contributed by atoms with Crippen molar-refractivity contribution in [1.29, 1.82) is 0 Å². The zero-order valence-electron chi connectivity index (χ0n) is 35.2. The summed E-state index contributed by atoms with van der Waals surface area (Å²) in [5.41, 5.74) is 22.4.